The highest BCUT2D eigenvalue weighted by Crippen LogP contribution is 2.31. The zero-order chi connectivity index (χ0) is 14.9. The van der Waals surface area contributed by atoms with Gasteiger partial charge >= 0.3 is 12.2 Å². The quantitative estimate of drug-likeness (QED) is 0.892. The Balaban J connectivity index is 2.20. The van der Waals surface area contributed by atoms with Gasteiger partial charge in [0.2, 0.25) is 5.76 Å². The highest BCUT2D eigenvalue weighted by Gasteiger charge is 2.35. The molecular weight excluding hydrogens is 301 g/mol. The lowest BCUT2D eigenvalue weighted by Gasteiger charge is -2.04. The number of aromatic nitrogens is 1. The first-order valence-electron chi connectivity index (χ1n) is 5.10. The number of phenolic OH excluding ortho intramolecular Hbond substituents is 1. The zero-order valence-electron chi connectivity index (χ0n) is 9.53. The SMILES string of the molecule is O=C(Nc1ncc(C(F)(F)F)o1)c1cc(Cl)ccc1O. The van der Waals surface area contributed by atoms with Gasteiger partial charge in [0.1, 0.15) is 5.75 Å². The summed E-state index contributed by atoms with van der Waals surface area (Å²) in [4.78, 5) is 15.0. The van der Waals surface area contributed by atoms with Crippen LogP contribution in [0.5, 0.6) is 5.75 Å². The molecule has 0 saturated carbocycles. The Bertz CT molecular complexity index is 655. The van der Waals surface area contributed by atoms with Gasteiger partial charge in [-0.2, -0.15) is 13.2 Å². The number of carbonyl (C=O) groups is 1. The number of amides is 1. The normalized spacial score (nSPS) is 11.4. The average molecular weight is 307 g/mol. The molecule has 5 nitrogen and oxygen atoms in total. The molecular formula is C11H6ClF3N2O3. The van der Waals surface area contributed by atoms with Crippen molar-refractivity contribution in [1.29, 1.82) is 0 Å². The molecule has 0 aliphatic heterocycles. The van der Waals surface area contributed by atoms with E-state index >= 15 is 0 Å². The van der Waals surface area contributed by atoms with Crippen molar-refractivity contribution >= 4 is 23.5 Å². The molecule has 1 amide bonds. The highest BCUT2D eigenvalue weighted by molar-refractivity contribution is 6.31. The molecule has 9 heteroatoms. The molecule has 1 aromatic carbocycles. The van der Waals surface area contributed by atoms with E-state index in [1.54, 1.807) is 0 Å². The Morgan fingerprint density at radius 2 is 2.10 bits per heavy atom. The Labute approximate surface area is 115 Å². The molecule has 2 aromatic rings. The molecule has 2 rings (SSSR count). The number of phenols is 1. The Kier molecular flexibility index (Phi) is 3.58. The van der Waals surface area contributed by atoms with Crippen LogP contribution < -0.4 is 5.32 Å². The van der Waals surface area contributed by atoms with Crippen molar-refractivity contribution in [2.75, 3.05) is 5.32 Å². The second kappa shape index (κ2) is 5.04. The van der Waals surface area contributed by atoms with Crippen molar-refractivity contribution in [3.63, 3.8) is 0 Å². The van der Waals surface area contributed by atoms with E-state index in [0.717, 1.165) is 6.07 Å². The van der Waals surface area contributed by atoms with E-state index in [1.807, 2.05) is 5.32 Å². The van der Waals surface area contributed by atoms with Crippen LogP contribution in [-0.4, -0.2) is 16.0 Å². The van der Waals surface area contributed by atoms with Crippen molar-refractivity contribution < 1.29 is 27.5 Å². The van der Waals surface area contributed by atoms with Crippen LogP contribution in [0.25, 0.3) is 0 Å². The van der Waals surface area contributed by atoms with Gasteiger partial charge in [-0.15, -0.1) is 0 Å². The van der Waals surface area contributed by atoms with E-state index in [4.69, 9.17) is 11.6 Å². The van der Waals surface area contributed by atoms with Crippen LogP contribution >= 0.6 is 11.6 Å². The van der Waals surface area contributed by atoms with Crippen molar-refractivity contribution in [2.24, 2.45) is 0 Å². The topological polar surface area (TPSA) is 75.4 Å². The Morgan fingerprint density at radius 3 is 2.70 bits per heavy atom. The molecule has 1 heterocycles. The van der Waals surface area contributed by atoms with Gasteiger partial charge < -0.3 is 9.52 Å². The van der Waals surface area contributed by atoms with Crippen LogP contribution in [0.2, 0.25) is 5.02 Å². The third-order valence-electron chi connectivity index (χ3n) is 2.21. The Hall–Kier alpha value is -2.22. The number of halogens is 4. The standard InChI is InChI=1S/C11H6ClF3N2O3/c12-5-1-2-7(18)6(3-5)9(19)17-10-16-4-8(20-10)11(13,14)15/h1-4,18H,(H,16,17,19). The molecule has 0 saturated heterocycles. The number of benzene rings is 1. The number of carbonyl (C=O) groups excluding carboxylic acids is 1. The number of aromatic hydroxyl groups is 1. The minimum absolute atomic E-state index is 0.177. The van der Waals surface area contributed by atoms with Gasteiger partial charge in [-0.3, -0.25) is 10.1 Å². The predicted octanol–water partition coefficient (Wildman–Crippen LogP) is 3.30. The minimum Gasteiger partial charge on any atom is -0.507 e. The molecule has 1 aromatic heterocycles. The lowest BCUT2D eigenvalue weighted by atomic mass is 10.2. The molecule has 106 valence electrons. The van der Waals surface area contributed by atoms with E-state index in [2.05, 4.69) is 9.40 Å². The first-order valence-corrected chi connectivity index (χ1v) is 5.48. The molecule has 0 aliphatic rings. The van der Waals surface area contributed by atoms with Gasteiger partial charge in [0.15, 0.2) is 0 Å². The van der Waals surface area contributed by atoms with Crippen LogP contribution in [0.15, 0.2) is 28.8 Å². The average Bonchev–Trinajstić information content (AvgIpc) is 2.80. The summed E-state index contributed by atoms with van der Waals surface area (Å²) in [5.74, 6) is -2.63. The van der Waals surface area contributed by atoms with Crippen LogP contribution in [0.4, 0.5) is 19.2 Å². The molecule has 2 N–H and O–H groups in total. The van der Waals surface area contributed by atoms with Crippen molar-refractivity contribution in [1.82, 2.24) is 4.98 Å². The fourth-order valence-electron chi connectivity index (χ4n) is 1.32. The van der Waals surface area contributed by atoms with Gasteiger partial charge in [-0.05, 0) is 18.2 Å². The molecule has 0 radical (unpaired) electrons. The molecule has 20 heavy (non-hydrogen) atoms. The third-order valence-corrected chi connectivity index (χ3v) is 2.44. The fraction of sp³-hybridized carbons (Fsp3) is 0.0909. The molecule has 0 aliphatic carbocycles. The molecule has 0 atom stereocenters. The Morgan fingerprint density at radius 1 is 1.40 bits per heavy atom. The lowest BCUT2D eigenvalue weighted by Crippen LogP contribution is -2.12. The first-order chi connectivity index (χ1) is 9.27. The van der Waals surface area contributed by atoms with Gasteiger partial charge in [-0.1, -0.05) is 11.6 Å². The summed E-state index contributed by atoms with van der Waals surface area (Å²) >= 11 is 5.65. The molecule has 0 bridgehead atoms. The van der Waals surface area contributed by atoms with Crippen molar-refractivity contribution in [3.8, 4) is 5.75 Å². The van der Waals surface area contributed by atoms with E-state index in [9.17, 15) is 23.1 Å². The number of anilines is 1. The molecule has 0 unspecified atom stereocenters. The second-order valence-corrected chi connectivity index (χ2v) is 4.08. The van der Waals surface area contributed by atoms with Crippen LogP contribution in [0.1, 0.15) is 16.1 Å². The maximum Gasteiger partial charge on any atom is 0.451 e. The number of hydrogen-bond donors (Lipinski definition) is 2. The summed E-state index contributed by atoms with van der Waals surface area (Å²) in [6.07, 6.45) is -4.26. The van der Waals surface area contributed by atoms with Crippen molar-refractivity contribution in [2.45, 2.75) is 6.18 Å². The summed E-state index contributed by atoms with van der Waals surface area (Å²) in [7, 11) is 0. The van der Waals surface area contributed by atoms with Gasteiger partial charge in [-0.25, -0.2) is 4.98 Å². The first kappa shape index (κ1) is 14.2. The number of alkyl halides is 3. The van der Waals surface area contributed by atoms with Crippen LogP contribution in [-0.2, 0) is 6.18 Å². The zero-order valence-corrected chi connectivity index (χ0v) is 10.3. The number of nitrogens with one attached hydrogen (secondary N) is 1. The summed E-state index contributed by atoms with van der Waals surface area (Å²) in [6.45, 7) is 0. The fourth-order valence-corrected chi connectivity index (χ4v) is 1.49. The van der Waals surface area contributed by atoms with Crippen molar-refractivity contribution in [3.05, 3.63) is 40.7 Å². The van der Waals surface area contributed by atoms with E-state index in [0.29, 0.717) is 6.20 Å². The van der Waals surface area contributed by atoms with Crippen LogP contribution in [0, 0.1) is 0 Å². The largest absolute Gasteiger partial charge is 0.507 e. The van der Waals surface area contributed by atoms with Gasteiger partial charge in [0.05, 0.1) is 11.8 Å². The number of hydrogen-bond acceptors (Lipinski definition) is 4. The van der Waals surface area contributed by atoms with Crippen LogP contribution in [0.3, 0.4) is 0 Å². The number of oxazole rings is 1. The van der Waals surface area contributed by atoms with Gasteiger partial charge in [0.25, 0.3) is 5.91 Å². The summed E-state index contributed by atoms with van der Waals surface area (Å²) in [6, 6.07) is 3.04. The highest BCUT2D eigenvalue weighted by atomic mass is 35.5. The summed E-state index contributed by atoms with van der Waals surface area (Å²) in [5, 5.41) is 11.6. The monoisotopic (exact) mass is 306 g/mol. The number of rotatable bonds is 2. The van der Waals surface area contributed by atoms with E-state index in [-0.39, 0.29) is 16.3 Å². The molecule has 0 spiro atoms. The maximum absolute atomic E-state index is 12.3. The number of nitrogens with zero attached hydrogens (tertiary/aromatic N) is 1. The van der Waals surface area contributed by atoms with E-state index < -0.39 is 23.9 Å². The smallest absolute Gasteiger partial charge is 0.451 e. The second-order valence-electron chi connectivity index (χ2n) is 3.64. The lowest BCUT2D eigenvalue weighted by molar-refractivity contribution is -0.152. The van der Waals surface area contributed by atoms with Gasteiger partial charge in [0, 0.05) is 5.02 Å². The predicted molar refractivity (Wildman–Crippen MR) is 62.6 cm³/mol. The maximum atomic E-state index is 12.3. The molecule has 0 fully saturated rings. The summed E-state index contributed by atoms with van der Waals surface area (Å²) < 4.78 is 41.2. The van der Waals surface area contributed by atoms with E-state index in [1.165, 1.54) is 12.1 Å². The summed E-state index contributed by atoms with van der Waals surface area (Å²) in [5.41, 5.74) is -0.218. The minimum atomic E-state index is -4.70. The third kappa shape index (κ3) is 3.02.